The number of aryl methyl sites for hydroxylation is 1. The zero-order chi connectivity index (χ0) is 10.1. The van der Waals surface area contributed by atoms with Crippen LogP contribution in [0.3, 0.4) is 0 Å². The zero-order valence-corrected chi connectivity index (χ0v) is 9.06. The van der Waals surface area contributed by atoms with E-state index in [1.54, 1.807) is 12.1 Å². The van der Waals surface area contributed by atoms with E-state index in [2.05, 4.69) is 0 Å². The quantitative estimate of drug-likeness (QED) is 0.591. The predicted molar refractivity (Wildman–Crippen MR) is 52.6 cm³/mol. The minimum atomic E-state index is -0.939. The Labute approximate surface area is 105 Å². The fourth-order valence-corrected chi connectivity index (χ4v) is 1.78. The van der Waals surface area contributed by atoms with Gasteiger partial charge in [0.1, 0.15) is 0 Å². The van der Waals surface area contributed by atoms with Crippen LogP contribution in [0.2, 0.25) is 0 Å². The molecule has 16 heavy (non-hydrogen) atoms. The Kier molecular flexibility index (Phi) is 5.46. The molecule has 0 bridgehead atoms. The monoisotopic (exact) mass is 214 g/mol. The van der Waals surface area contributed by atoms with Gasteiger partial charge in [-0.25, -0.2) is 4.79 Å². The maximum Gasteiger partial charge on any atom is 1.00 e. The first-order valence-corrected chi connectivity index (χ1v) is 4.58. The van der Waals surface area contributed by atoms with Gasteiger partial charge in [0.2, 0.25) is 0 Å². The van der Waals surface area contributed by atoms with Gasteiger partial charge in [0.05, 0.1) is 5.56 Å². The molecule has 1 aromatic carbocycles. The topological polar surface area (TPSA) is 84.4 Å². The number of ketones is 1. The third kappa shape index (κ3) is 2.73. The summed E-state index contributed by atoms with van der Waals surface area (Å²) in [5.74, 6) is -0.811. The summed E-state index contributed by atoms with van der Waals surface area (Å²) in [4.78, 5) is 22.1. The van der Waals surface area contributed by atoms with E-state index in [-0.39, 0.29) is 35.7 Å². The van der Waals surface area contributed by atoms with Gasteiger partial charge in [0.25, 0.3) is 0 Å². The van der Waals surface area contributed by atoms with Crippen LogP contribution in [-0.2, 0) is 6.42 Å². The van der Waals surface area contributed by atoms with Crippen molar-refractivity contribution in [1.29, 1.82) is 0 Å². The Hall–Kier alpha value is -1.08. The van der Waals surface area contributed by atoms with E-state index in [4.69, 9.17) is 5.11 Å². The second-order valence-corrected chi connectivity index (χ2v) is 3.45. The molecule has 0 radical (unpaired) electrons. The van der Waals surface area contributed by atoms with Gasteiger partial charge in [-0.1, -0.05) is 6.07 Å². The first-order valence-electron chi connectivity index (χ1n) is 4.58. The van der Waals surface area contributed by atoms with Crippen molar-refractivity contribution in [3.8, 4) is 0 Å². The van der Waals surface area contributed by atoms with Crippen LogP contribution in [-0.4, -0.2) is 22.3 Å². The van der Waals surface area contributed by atoms with Crippen molar-refractivity contribution in [2.24, 2.45) is 0 Å². The molecule has 0 aliphatic heterocycles. The Morgan fingerprint density at radius 2 is 1.94 bits per heavy atom. The summed E-state index contributed by atoms with van der Waals surface area (Å²) in [7, 11) is 0. The number of carboxylic acids is 1. The molecule has 0 amide bonds. The van der Waals surface area contributed by atoms with Crippen molar-refractivity contribution < 1.29 is 39.0 Å². The van der Waals surface area contributed by atoms with Gasteiger partial charge in [0, 0.05) is 12.0 Å². The van der Waals surface area contributed by atoms with Crippen LogP contribution in [0.1, 0.15) is 39.1 Å². The van der Waals surface area contributed by atoms with Gasteiger partial charge in [-0.3, -0.25) is 4.79 Å². The second-order valence-electron chi connectivity index (χ2n) is 3.45. The normalized spacial score (nSPS) is 13.1. The van der Waals surface area contributed by atoms with Gasteiger partial charge >= 0.3 is 24.8 Å². The molecule has 2 N–H and O–H groups in total. The fraction of sp³-hybridized carbons (Fsp3) is 0.273. The zero-order valence-electron chi connectivity index (χ0n) is 9.06. The molecule has 5 heteroatoms. The molecule has 0 atom stereocenters. The number of rotatable bonds is 1. The van der Waals surface area contributed by atoms with Crippen LogP contribution in [0.15, 0.2) is 18.2 Å². The van der Waals surface area contributed by atoms with Crippen molar-refractivity contribution in [1.82, 2.24) is 0 Å². The average Bonchev–Trinajstić information content (AvgIpc) is 2.17. The largest absolute Gasteiger partial charge is 1.00 e. The van der Waals surface area contributed by atoms with Gasteiger partial charge < -0.3 is 10.6 Å². The number of Topliss-reactive ketones (excluding diaryl/α,β-unsaturated/α-hetero) is 1. The Morgan fingerprint density at radius 1 is 1.25 bits per heavy atom. The van der Waals surface area contributed by atoms with Crippen LogP contribution < -0.4 is 18.9 Å². The molecule has 0 heterocycles. The van der Waals surface area contributed by atoms with E-state index in [0.717, 1.165) is 18.4 Å². The number of aromatic carboxylic acids is 1. The third-order valence-electron chi connectivity index (χ3n) is 2.50. The molecule has 0 aromatic heterocycles. The molecule has 0 unspecified atom stereocenters. The summed E-state index contributed by atoms with van der Waals surface area (Å²) in [6.45, 7) is 0. The Balaban J connectivity index is 0.00000112. The van der Waals surface area contributed by atoms with Crippen molar-refractivity contribution >= 4 is 11.8 Å². The molecule has 1 aliphatic carbocycles. The third-order valence-corrected chi connectivity index (χ3v) is 2.50. The number of hydrogen-bond acceptors (Lipinski definition) is 3. The Morgan fingerprint density at radius 3 is 2.56 bits per heavy atom. The van der Waals surface area contributed by atoms with Gasteiger partial charge in [-0.2, -0.15) is 0 Å². The molecule has 0 fully saturated rings. The van der Waals surface area contributed by atoms with Crippen LogP contribution in [0.5, 0.6) is 0 Å². The summed E-state index contributed by atoms with van der Waals surface area (Å²) in [5.41, 5.74) is 1.83. The van der Waals surface area contributed by atoms with Gasteiger partial charge in [-0.05, 0) is 30.5 Å². The van der Waals surface area contributed by atoms with E-state index in [9.17, 15) is 9.59 Å². The van der Waals surface area contributed by atoms with Crippen molar-refractivity contribution in [3.05, 3.63) is 34.9 Å². The van der Waals surface area contributed by atoms with Crippen LogP contribution in [0, 0.1) is 0 Å². The van der Waals surface area contributed by atoms with Crippen LogP contribution in [0.4, 0.5) is 0 Å². The summed E-state index contributed by atoms with van der Waals surface area (Å²) in [6.07, 6.45) is 2.22. The minimum absolute atomic E-state index is 0. The van der Waals surface area contributed by atoms with Crippen molar-refractivity contribution in [2.75, 3.05) is 0 Å². The fourth-order valence-electron chi connectivity index (χ4n) is 1.78. The smallest absolute Gasteiger partial charge is 0.870 e. The van der Waals surface area contributed by atoms with Crippen molar-refractivity contribution in [2.45, 2.75) is 19.3 Å². The van der Waals surface area contributed by atoms with Crippen molar-refractivity contribution in [3.63, 3.8) is 0 Å². The molecule has 1 aromatic rings. The molecular formula is C11H11LiO4. The van der Waals surface area contributed by atoms with E-state index in [1.165, 1.54) is 6.07 Å². The first-order chi connectivity index (χ1) is 6.68. The molecule has 0 spiro atoms. The standard InChI is InChI=1S/C11H10O3.Li.H2O/c12-10-3-1-2-7-6-8(11(13)14)4-5-9(7)10;;/h4-6H,1-3H2,(H,13,14);;1H2/q;+1;/p-1. The first kappa shape index (κ1) is 14.9. The molecule has 0 saturated carbocycles. The van der Waals surface area contributed by atoms with E-state index < -0.39 is 5.97 Å². The summed E-state index contributed by atoms with van der Waals surface area (Å²) in [6, 6.07) is 4.72. The second kappa shape index (κ2) is 5.85. The molecule has 4 nitrogen and oxygen atoms in total. The van der Waals surface area contributed by atoms with E-state index in [0.29, 0.717) is 12.0 Å². The Bertz CT molecular complexity index is 414. The van der Waals surface area contributed by atoms with Gasteiger partial charge in [0.15, 0.2) is 5.78 Å². The molecule has 2 rings (SSSR count). The van der Waals surface area contributed by atoms with E-state index >= 15 is 0 Å². The molecule has 80 valence electrons. The number of fused-ring (bicyclic) bond motifs is 1. The summed E-state index contributed by atoms with van der Waals surface area (Å²) in [5, 5.41) is 8.77. The molecule has 0 saturated heterocycles. The van der Waals surface area contributed by atoms with Crippen LogP contribution in [0.25, 0.3) is 0 Å². The number of carbonyl (C=O) groups excluding carboxylic acids is 1. The van der Waals surface area contributed by atoms with Gasteiger partial charge in [-0.15, -0.1) is 0 Å². The molecule has 1 aliphatic rings. The number of hydrogen-bond donors (Lipinski definition) is 1. The SMILES string of the molecule is O=C(O)c1ccc2c(c1)CCCC2=O.[Li+].[OH-]. The summed E-state index contributed by atoms with van der Waals surface area (Å²) >= 11 is 0. The maximum atomic E-state index is 11.4. The number of carboxylic acid groups (broad SMARTS) is 1. The molecular weight excluding hydrogens is 203 g/mol. The number of carbonyl (C=O) groups is 2. The minimum Gasteiger partial charge on any atom is -0.870 e. The maximum absolute atomic E-state index is 11.4. The average molecular weight is 214 g/mol. The predicted octanol–water partition coefficient (Wildman–Crippen LogP) is -1.27. The summed E-state index contributed by atoms with van der Waals surface area (Å²) < 4.78 is 0. The van der Waals surface area contributed by atoms with Crippen LogP contribution >= 0.6 is 0 Å². The number of benzene rings is 1. The van der Waals surface area contributed by atoms with E-state index in [1.807, 2.05) is 0 Å².